The third-order valence-electron chi connectivity index (χ3n) is 4.47. The SMILES string of the molecule is CN(CCCNC(=O)C1Cc2ccccc2C(=O)N1)c1ccccc1. The van der Waals surface area contributed by atoms with Crippen LogP contribution >= 0.6 is 0 Å². The fourth-order valence-corrected chi connectivity index (χ4v) is 3.05. The van der Waals surface area contributed by atoms with Crippen molar-refractivity contribution in [2.75, 3.05) is 25.0 Å². The zero-order valence-corrected chi connectivity index (χ0v) is 14.4. The predicted octanol–water partition coefficient (Wildman–Crippen LogP) is 1.98. The maximum atomic E-state index is 12.3. The Bertz CT molecular complexity index is 746. The van der Waals surface area contributed by atoms with Crippen LogP contribution in [0.5, 0.6) is 0 Å². The minimum absolute atomic E-state index is 0.120. The summed E-state index contributed by atoms with van der Waals surface area (Å²) in [4.78, 5) is 26.6. The van der Waals surface area contributed by atoms with Crippen molar-refractivity contribution in [3.63, 3.8) is 0 Å². The van der Waals surface area contributed by atoms with Crippen molar-refractivity contribution in [2.24, 2.45) is 0 Å². The van der Waals surface area contributed by atoms with Gasteiger partial charge in [-0.15, -0.1) is 0 Å². The first kappa shape index (κ1) is 17.0. The van der Waals surface area contributed by atoms with Crippen LogP contribution in [0.1, 0.15) is 22.3 Å². The highest BCUT2D eigenvalue weighted by Crippen LogP contribution is 2.16. The van der Waals surface area contributed by atoms with Crippen LogP contribution in [0.25, 0.3) is 0 Å². The Morgan fingerprint density at radius 1 is 1.16 bits per heavy atom. The zero-order valence-electron chi connectivity index (χ0n) is 14.4. The molecule has 0 saturated heterocycles. The minimum atomic E-state index is -0.491. The average Bonchev–Trinajstić information content (AvgIpc) is 2.65. The van der Waals surface area contributed by atoms with Gasteiger partial charge in [0.2, 0.25) is 5.91 Å². The molecule has 1 heterocycles. The van der Waals surface area contributed by atoms with E-state index < -0.39 is 6.04 Å². The maximum Gasteiger partial charge on any atom is 0.252 e. The number of nitrogens with one attached hydrogen (secondary N) is 2. The summed E-state index contributed by atoms with van der Waals surface area (Å²) in [6.07, 6.45) is 1.38. The van der Waals surface area contributed by atoms with E-state index in [0.717, 1.165) is 24.2 Å². The van der Waals surface area contributed by atoms with Crippen molar-refractivity contribution in [3.05, 3.63) is 65.7 Å². The highest BCUT2D eigenvalue weighted by atomic mass is 16.2. The van der Waals surface area contributed by atoms with Gasteiger partial charge in [-0.05, 0) is 30.2 Å². The molecule has 2 amide bonds. The zero-order chi connectivity index (χ0) is 17.6. The molecule has 2 aromatic carbocycles. The van der Waals surface area contributed by atoms with Crippen LogP contribution in [0.2, 0.25) is 0 Å². The summed E-state index contributed by atoms with van der Waals surface area (Å²) in [6, 6.07) is 17.1. The highest BCUT2D eigenvalue weighted by molar-refractivity contribution is 6.00. The molecule has 0 spiro atoms. The lowest BCUT2D eigenvalue weighted by atomic mass is 9.95. The summed E-state index contributed by atoms with van der Waals surface area (Å²) in [7, 11) is 2.04. The number of fused-ring (bicyclic) bond motifs is 1. The molecule has 5 heteroatoms. The summed E-state index contributed by atoms with van der Waals surface area (Å²) in [5.74, 6) is -0.295. The van der Waals surface area contributed by atoms with E-state index in [1.165, 1.54) is 0 Å². The molecule has 3 rings (SSSR count). The number of anilines is 1. The second kappa shape index (κ2) is 7.83. The fraction of sp³-hybridized carbons (Fsp3) is 0.300. The number of amides is 2. The van der Waals surface area contributed by atoms with E-state index in [-0.39, 0.29) is 11.8 Å². The van der Waals surface area contributed by atoms with Crippen LogP contribution in [0.15, 0.2) is 54.6 Å². The van der Waals surface area contributed by atoms with Gasteiger partial charge in [-0.1, -0.05) is 36.4 Å². The molecule has 0 fully saturated rings. The first-order chi connectivity index (χ1) is 12.1. The van der Waals surface area contributed by atoms with Crippen LogP contribution in [-0.2, 0) is 11.2 Å². The smallest absolute Gasteiger partial charge is 0.252 e. The summed E-state index contributed by atoms with van der Waals surface area (Å²) in [6.45, 7) is 1.44. The third-order valence-corrected chi connectivity index (χ3v) is 4.47. The van der Waals surface area contributed by atoms with Crippen LogP contribution in [-0.4, -0.2) is 38.0 Å². The topological polar surface area (TPSA) is 61.4 Å². The molecule has 0 aliphatic carbocycles. The molecule has 25 heavy (non-hydrogen) atoms. The van der Waals surface area contributed by atoms with E-state index in [9.17, 15) is 9.59 Å². The molecule has 1 atom stereocenters. The van der Waals surface area contributed by atoms with E-state index >= 15 is 0 Å². The average molecular weight is 337 g/mol. The highest BCUT2D eigenvalue weighted by Gasteiger charge is 2.28. The largest absolute Gasteiger partial charge is 0.375 e. The Morgan fingerprint density at radius 2 is 1.88 bits per heavy atom. The molecule has 130 valence electrons. The number of carbonyl (C=O) groups is 2. The minimum Gasteiger partial charge on any atom is -0.375 e. The van der Waals surface area contributed by atoms with Gasteiger partial charge >= 0.3 is 0 Å². The number of rotatable bonds is 6. The van der Waals surface area contributed by atoms with Gasteiger partial charge in [0.25, 0.3) is 5.91 Å². The van der Waals surface area contributed by atoms with Gasteiger partial charge in [-0.25, -0.2) is 0 Å². The molecule has 2 aromatic rings. The number of hydrogen-bond donors (Lipinski definition) is 2. The van der Waals surface area contributed by atoms with Crippen LogP contribution in [0.3, 0.4) is 0 Å². The quantitative estimate of drug-likeness (QED) is 0.793. The molecule has 0 aromatic heterocycles. The number of carbonyl (C=O) groups excluding carboxylic acids is 2. The summed E-state index contributed by atoms with van der Waals surface area (Å²) >= 11 is 0. The van der Waals surface area contributed by atoms with Gasteiger partial charge in [-0.3, -0.25) is 9.59 Å². The molecule has 5 nitrogen and oxygen atoms in total. The van der Waals surface area contributed by atoms with Crippen molar-refractivity contribution in [3.8, 4) is 0 Å². The van der Waals surface area contributed by atoms with Crippen molar-refractivity contribution in [2.45, 2.75) is 18.9 Å². The second-order valence-electron chi connectivity index (χ2n) is 6.29. The van der Waals surface area contributed by atoms with E-state index in [2.05, 4.69) is 27.7 Å². The first-order valence-electron chi connectivity index (χ1n) is 8.58. The molecule has 1 unspecified atom stereocenters. The second-order valence-corrected chi connectivity index (χ2v) is 6.29. The van der Waals surface area contributed by atoms with Crippen LogP contribution in [0, 0.1) is 0 Å². The van der Waals surface area contributed by atoms with E-state index in [1.54, 1.807) is 6.07 Å². The van der Waals surface area contributed by atoms with Crippen molar-refractivity contribution < 1.29 is 9.59 Å². The van der Waals surface area contributed by atoms with Gasteiger partial charge in [-0.2, -0.15) is 0 Å². The summed E-state index contributed by atoms with van der Waals surface area (Å²) in [5.41, 5.74) is 2.75. The lowest BCUT2D eigenvalue weighted by Gasteiger charge is -2.25. The Hall–Kier alpha value is -2.82. The van der Waals surface area contributed by atoms with Crippen LogP contribution in [0.4, 0.5) is 5.69 Å². The standard InChI is InChI=1S/C20H23N3O2/c1-23(16-9-3-2-4-10-16)13-7-12-21-20(25)18-14-15-8-5-6-11-17(15)19(24)22-18/h2-6,8-11,18H,7,12-14H2,1H3,(H,21,25)(H,22,24). The lowest BCUT2D eigenvalue weighted by molar-refractivity contribution is -0.123. The van der Waals surface area contributed by atoms with Gasteiger partial charge in [0.05, 0.1) is 0 Å². The maximum absolute atomic E-state index is 12.3. The normalized spacial score (nSPS) is 15.9. The summed E-state index contributed by atoms with van der Waals surface area (Å²) in [5, 5.41) is 5.72. The molecule has 1 aliphatic heterocycles. The van der Waals surface area contributed by atoms with Crippen molar-refractivity contribution in [1.29, 1.82) is 0 Å². The lowest BCUT2D eigenvalue weighted by Crippen LogP contribution is -2.51. The molecule has 0 radical (unpaired) electrons. The molecule has 2 N–H and O–H groups in total. The molecular formula is C20H23N3O2. The molecule has 0 saturated carbocycles. The van der Waals surface area contributed by atoms with Crippen molar-refractivity contribution in [1.82, 2.24) is 10.6 Å². The summed E-state index contributed by atoms with van der Waals surface area (Å²) < 4.78 is 0. The number of hydrogen-bond acceptors (Lipinski definition) is 3. The Labute approximate surface area is 148 Å². The number of benzene rings is 2. The molecule has 0 bridgehead atoms. The van der Waals surface area contributed by atoms with E-state index in [4.69, 9.17) is 0 Å². The van der Waals surface area contributed by atoms with Gasteiger partial charge < -0.3 is 15.5 Å². The van der Waals surface area contributed by atoms with E-state index in [1.807, 2.05) is 43.4 Å². The predicted molar refractivity (Wildman–Crippen MR) is 98.7 cm³/mol. The molecular weight excluding hydrogens is 314 g/mol. The van der Waals surface area contributed by atoms with Gasteiger partial charge in [0.1, 0.15) is 6.04 Å². The number of para-hydroxylation sites is 1. The van der Waals surface area contributed by atoms with Gasteiger partial charge in [0.15, 0.2) is 0 Å². The van der Waals surface area contributed by atoms with Gasteiger partial charge in [0, 0.05) is 37.8 Å². The Morgan fingerprint density at radius 3 is 2.68 bits per heavy atom. The third kappa shape index (κ3) is 4.18. The Kier molecular flexibility index (Phi) is 5.33. The van der Waals surface area contributed by atoms with Crippen LogP contribution < -0.4 is 15.5 Å². The fourth-order valence-electron chi connectivity index (χ4n) is 3.05. The number of nitrogens with zero attached hydrogens (tertiary/aromatic N) is 1. The Balaban J connectivity index is 1.45. The monoisotopic (exact) mass is 337 g/mol. The van der Waals surface area contributed by atoms with Crippen molar-refractivity contribution >= 4 is 17.5 Å². The first-order valence-corrected chi connectivity index (χ1v) is 8.58. The molecule has 1 aliphatic rings. The van der Waals surface area contributed by atoms with E-state index in [0.29, 0.717) is 18.5 Å².